The molecule has 2 N–H and O–H groups in total. The Morgan fingerprint density at radius 3 is 2.76 bits per heavy atom. The number of hydrogen-bond acceptors (Lipinski definition) is 3. The molecule has 0 bridgehead atoms. The number of halogens is 1. The number of hydrogen-bond donors (Lipinski definition) is 2. The molecule has 0 atom stereocenters. The molecule has 1 amide bonds. The monoisotopic (exact) mass is 306 g/mol. The summed E-state index contributed by atoms with van der Waals surface area (Å²) in [5, 5.41) is 3.30. The molecule has 6 heteroatoms. The van der Waals surface area contributed by atoms with E-state index in [1.54, 1.807) is 30.3 Å². The first-order chi connectivity index (χ1) is 10.1. The third-order valence-corrected chi connectivity index (χ3v) is 3.09. The van der Waals surface area contributed by atoms with Gasteiger partial charge in [-0.3, -0.25) is 9.59 Å². The van der Waals surface area contributed by atoms with Crippen molar-refractivity contribution in [3.63, 3.8) is 0 Å². The summed E-state index contributed by atoms with van der Waals surface area (Å²) in [6.07, 6.45) is 0.759. The van der Waals surface area contributed by atoms with Gasteiger partial charge in [0.2, 0.25) is 0 Å². The summed E-state index contributed by atoms with van der Waals surface area (Å²) in [4.78, 5) is 25.6. The van der Waals surface area contributed by atoms with E-state index in [1.165, 1.54) is 0 Å². The predicted octanol–water partition coefficient (Wildman–Crippen LogP) is 2.48. The average molecular weight is 307 g/mol. The molecule has 0 radical (unpaired) electrons. The van der Waals surface area contributed by atoms with E-state index in [0.29, 0.717) is 22.0 Å². The predicted molar refractivity (Wildman–Crippen MR) is 79.7 cm³/mol. The molecule has 21 heavy (non-hydrogen) atoms. The Bertz CT molecular complexity index is 635. The standard InChI is InChI=1S/C15H15ClN2O3/c1-10-6-11(8-19)14(18-10)7-17-15(20)9-21-13-4-2-12(16)3-5-13/h2-6,8,18H,7,9H2,1H3,(H,17,20). The SMILES string of the molecule is Cc1cc(C=O)c(CNC(=O)COc2ccc(Cl)cc2)[nH]1. The van der Waals surface area contributed by atoms with E-state index >= 15 is 0 Å². The van der Waals surface area contributed by atoms with E-state index in [-0.39, 0.29) is 19.1 Å². The number of carbonyl (C=O) groups is 2. The molecule has 0 unspecified atom stereocenters. The topological polar surface area (TPSA) is 71.2 Å². The van der Waals surface area contributed by atoms with Gasteiger partial charge < -0.3 is 15.0 Å². The van der Waals surface area contributed by atoms with Gasteiger partial charge in [0, 0.05) is 22.0 Å². The number of carbonyl (C=O) groups excluding carboxylic acids is 2. The third-order valence-electron chi connectivity index (χ3n) is 2.84. The van der Waals surface area contributed by atoms with Crippen LogP contribution in [0.1, 0.15) is 21.7 Å². The van der Waals surface area contributed by atoms with Crippen LogP contribution >= 0.6 is 11.6 Å². The van der Waals surface area contributed by atoms with E-state index in [1.807, 2.05) is 6.92 Å². The molecule has 1 heterocycles. The zero-order chi connectivity index (χ0) is 15.2. The van der Waals surface area contributed by atoms with Crippen LogP contribution in [0, 0.1) is 6.92 Å². The second-order valence-corrected chi connectivity index (χ2v) is 4.96. The summed E-state index contributed by atoms with van der Waals surface area (Å²) >= 11 is 5.76. The van der Waals surface area contributed by atoms with Crippen molar-refractivity contribution in [2.24, 2.45) is 0 Å². The van der Waals surface area contributed by atoms with E-state index in [0.717, 1.165) is 12.0 Å². The number of aldehydes is 1. The Hall–Kier alpha value is -2.27. The number of nitrogens with one attached hydrogen (secondary N) is 2. The maximum atomic E-state index is 11.7. The number of benzene rings is 1. The normalized spacial score (nSPS) is 10.2. The fourth-order valence-corrected chi connectivity index (χ4v) is 1.96. The van der Waals surface area contributed by atoms with Crippen molar-refractivity contribution in [2.75, 3.05) is 6.61 Å². The van der Waals surface area contributed by atoms with Crippen LogP contribution in [0.5, 0.6) is 5.75 Å². The van der Waals surface area contributed by atoms with Gasteiger partial charge in [-0.1, -0.05) is 11.6 Å². The van der Waals surface area contributed by atoms with Crippen LogP contribution in [0.2, 0.25) is 5.02 Å². The molecule has 2 aromatic rings. The highest BCUT2D eigenvalue weighted by Crippen LogP contribution is 2.15. The molecule has 110 valence electrons. The first-order valence-electron chi connectivity index (χ1n) is 6.37. The van der Waals surface area contributed by atoms with Gasteiger partial charge in [0.1, 0.15) is 5.75 Å². The van der Waals surface area contributed by atoms with Crippen LogP contribution in [0.15, 0.2) is 30.3 Å². The van der Waals surface area contributed by atoms with Crippen LogP contribution in [0.3, 0.4) is 0 Å². The molecule has 0 aliphatic heterocycles. The fraction of sp³-hybridized carbons (Fsp3) is 0.200. The van der Waals surface area contributed by atoms with Crippen molar-refractivity contribution in [2.45, 2.75) is 13.5 Å². The summed E-state index contributed by atoms with van der Waals surface area (Å²) in [5.41, 5.74) is 2.10. The van der Waals surface area contributed by atoms with Gasteiger partial charge in [-0.25, -0.2) is 0 Å². The number of amides is 1. The van der Waals surface area contributed by atoms with Gasteiger partial charge in [-0.2, -0.15) is 0 Å². The maximum Gasteiger partial charge on any atom is 0.258 e. The molecule has 0 spiro atoms. The minimum absolute atomic E-state index is 0.0995. The van der Waals surface area contributed by atoms with Gasteiger partial charge in [0.15, 0.2) is 12.9 Å². The van der Waals surface area contributed by atoms with Crippen molar-refractivity contribution in [1.29, 1.82) is 0 Å². The molecule has 0 aliphatic carbocycles. The number of aromatic amines is 1. The third kappa shape index (κ3) is 4.36. The molecular weight excluding hydrogens is 292 g/mol. The number of ether oxygens (including phenoxy) is 1. The molecule has 0 aliphatic rings. The van der Waals surface area contributed by atoms with Gasteiger partial charge in [0.25, 0.3) is 5.91 Å². The maximum absolute atomic E-state index is 11.7. The van der Waals surface area contributed by atoms with Crippen molar-refractivity contribution in [3.05, 3.63) is 52.3 Å². The molecule has 0 fully saturated rings. The zero-order valence-corrected chi connectivity index (χ0v) is 12.2. The lowest BCUT2D eigenvalue weighted by atomic mass is 10.2. The number of rotatable bonds is 6. The number of aryl methyl sites for hydroxylation is 1. The van der Waals surface area contributed by atoms with Gasteiger partial charge in [-0.05, 0) is 37.3 Å². The lowest BCUT2D eigenvalue weighted by Gasteiger charge is -2.07. The first-order valence-corrected chi connectivity index (χ1v) is 6.75. The highest BCUT2D eigenvalue weighted by molar-refractivity contribution is 6.30. The van der Waals surface area contributed by atoms with Crippen molar-refractivity contribution in [1.82, 2.24) is 10.3 Å². The van der Waals surface area contributed by atoms with Gasteiger partial charge >= 0.3 is 0 Å². The Morgan fingerprint density at radius 1 is 1.38 bits per heavy atom. The molecule has 1 aromatic heterocycles. The molecule has 5 nitrogen and oxygen atoms in total. The quantitative estimate of drug-likeness (QED) is 0.805. The second-order valence-electron chi connectivity index (χ2n) is 4.52. The van der Waals surface area contributed by atoms with Crippen LogP contribution < -0.4 is 10.1 Å². The molecule has 0 saturated carbocycles. The summed E-state index contributed by atoms with van der Waals surface area (Å²) in [6.45, 7) is 2.00. The lowest BCUT2D eigenvalue weighted by molar-refractivity contribution is -0.123. The largest absolute Gasteiger partial charge is 0.484 e. The summed E-state index contributed by atoms with van der Waals surface area (Å²) in [6, 6.07) is 8.49. The van der Waals surface area contributed by atoms with Crippen molar-refractivity contribution >= 4 is 23.8 Å². The fourth-order valence-electron chi connectivity index (χ4n) is 1.84. The highest BCUT2D eigenvalue weighted by Gasteiger charge is 2.08. The van der Waals surface area contributed by atoms with Crippen molar-refractivity contribution < 1.29 is 14.3 Å². The second kappa shape index (κ2) is 6.95. The summed E-state index contributed by atoms with van der Waals surface area (Å²) in [7, 11) is 0. The minimum Gasteiger partial charge on any atom is -0.484 e. The average Bonchev–Trinajstić information content (AvgIpc) is 2.84. The van der Waals surface area contributed by atoms with Crippen LogP contribution in [0.4, 0.5) is 0 Å². The first kappa shape index (κ1) is 15.1. The van der Waals surface area contributed by atoms with Crippen LogP contribution in [0.25, 0.3) is 0 Å². The lowest BCUT2D eigenvalue weighted by Crippen LogP contribution is -2.28. The molecule has 1 aromatic carbocycles. The van der Waals surface area contributed by atoms with E-state index in [2.05, 4.69) is 10.3 Å². The minimum atomic E-state index is -0.269. The van der Waals surface area contributed by atoms with E-state index < -0.39 is 0 Å². The smallest absolute Gasteiger partial charge is 0.258 e. The Labute approximate surface area is 127 Å². The summed E-state index contributed by atoms with van der Waals surface area (Å²) < 4.78 is 5.32. The Morgan fingerprint density at radius 2 is 2.10 bits per heavy atom. The molecule has 2 rings (SSSR count). The number of aromatic nitrogens is 1. The zero-order valence-electron chi connectivity index (χ0n) is 11.5. The number of H-pyrrole nitrogens is 1. The Balaban J connectivity index is 1.82. The molecular formula is C15H15ClN2O3. The van der Waals surface area contributed by atoms with E-state index in [9.17, 15) is 9.59 Å². The van der Waals surface area contributed by atoms with E-state index in [4.69, 9.17) is 16.3 Å². The highest BCUT2D eigenvalue weighted by atomic mass is 35.5. The van der Waals surface area contributed by atoms with Gasteiger partial charge in [-0.15, -0.1) is 0 Å². The van der Waals surface area contributed by atoms with Crippen LogP contribution in [-0.4, -0.2) is 23.8 Å². The van der Waals surface area contributed by atoms with Crippen molar-refractivity contribution in [3.8, 4) is 5.75 Å². The van der Waals surface area contributed by atoms with Crippen LogP contribution in [-0.2, 0) is 11.3 Å². The van der Waals surface area contributed by atoms with Gasteiger partial charge in [0.05, 0.1) is 6.54 Å². The summed E-state index contributed by atoms with van der Waals surface area (Å²) in [5.74, 6) is 0.299. The Kier molecular flexibility index (Phi) is 5.00. The molecule has 0 saturated heterocycles.